The van der Waals surface area contributed by atoms with E-state index in [1.54, 1.807) is 6.33 Å². The first-order valence-electron chi connectivity index (χ1n) is 10.0. The van der Waals surface area contributed by atoms with E-state index in [1.807, 2.05) is 29.1 Å². The van der Waals surface area contributed by atoms with Crippen LogP contribution in [0.25, 0.3) is 22.9 Å². The lowest BCUT2D eigenvalue weighted by Gasteiger charge is -2.15. The van der Waals surface area contributed by atoms with Gasteiger partial charge in [-0.2, -0.15) is 5.10 Å². The van der Waals surface area contributed by atoms with E-state index >= 15 is 0 Å². The summed E-state index contributed by atoms with van der Waals surface area (Å²) in [7, 11) is 0. The van der Waals surface area contributed by atoms with Crippen LogP contribution >= 0.6 is 0 Å². The van der Waals surface area contributed by atoms with Gasteiger partial charge in [0.15, 0.2) is 5.82 Å². The molecule has 7 heteroatoms. The first kappa shape index (κ1) is 17.3. The minimum Gasteiger partial charge on any atom is -0.491 e. The molecular weight excluding hydrogens is 354 g/mol. The molecular formula is C21H25N5O2. The molecule has 2 aromatic heterocycles. The molecule has 1 aliphatic heterocycles. The van der Waals surface area contributed by atoms with Gasteiger partial charge in [-0.1, -0.05) is 0 Å². The molecule has 0 N–H and O–H groups in total. The van der Waals surface area contributed by atoms with E-state index in [4.69, 9.17) is 14.5 Å². The summed E-state index contributed by atoms with van der Waals surface area (Å²) in [4.78, 5) is 9.31. The second kappa shape index (κ2) is 6.65. The van der Waals surface area contributed by atoms with Crippen LogP contribution in [0.15, 0.2) is 30.7 Å². The topological polar surface area (TPSA) is 67.0 Å². The third-order valence-electron chi connectivity index (χ3n) is 5.46. The fourth-order valence-electron chi connectivity index (χ4n) is 3.73. The highest BCUT2D eigenvalue weighted by molar-refractivity contribution is 5.69. The molecule has 2 aliphatic rings. The molecule has 0 bridgehead atoms. The first-order valence-corrected chi connectivity index (χ1v) is 10.0. The summed E-state index contributed by atoms with van der Waals surface area (Å²) >= 11 is 0. The van der Waals surface area contributed by atoms with Crippen LogP contribution in [-0.4, -0.2) is 37.0 Å². The average molecular weight is 379 g/mol. The standard InChI is InChI=1S/C21H25N5O2/c1-13(2)26-21(22-12-23-26)18-11-25-8-9-27-19-10-16(28-14(3)15-4-5-15)6-7-17(19)20(25)24-18/h6-7,10-15H,4-5,8-9H2,1-3H3. The zero-order chi connectivity index (χ0) is 19.3. The molecule has 146 valence electrons. The number of hydrogen-bond acceptors (Lipinski definition) is 5. The number of imidazole rings is 1. The molecule has 0 spiro atoms. The normalized spacial score (nSPS) is 16.9. The molecule has 1 atom stereocenters. The van der Waals surface area contributed by atoms with E-state index < -0.39 is 0 Å². The van der Waals surface area contributed by atoms with Crippen molar-refractivity contribution in [2.75, 3.05) is 6.61 Å². The zero-order valence-electron chi connectivity index (χ0n) is 16.5. The SMILES string of the molecule is CC(Oc1ccc2c(c1)OCCn1cc(-c3ncnn3C(C)C)nc1-2)C1CC1. The number of fused-ring (bicyclic) bond motifs is 3. The van der Waals surface area contributed by atoms with Crippen LogP contribution in [0.3, 0.4) is 0 Å². The average Bonchev–Trinajstić information content (AvgIpc) is 3.31. The van der Waals surface area contributed by atoms with E-state index in [2.05, 4.69) is 35.4 Å². The number of rotatable bonds is 5. The van der Waals surface area contributed by atoms with E-state index in [0.717, 1.165) is 40.9 Å². The van der Waals surface area contributed by atoms with Gasteiger partial charge in [0.25, 0.3) is 0 Å². The fraction of sp³-hybridized carbons (Fsp3) is 0.476. The van der Waals surface area contributed by atoms with Gasteiger partial charge in [-0.05, 0) is 51.7 Å². The molecule has 5 rings (SSSR count). The number of hydrogen-bond donors (Lipinski definition) is 0. The maximum atomic E-state index is 6.11. The lowest BCUT2D eigenvalue weighted by Crippen LogP contribution is -2.13. The lowest BCUT2D eigenvalue weighted by atomic mass is 10.1. The van der Waals surface area contributed by atoms with Crippen molar-refractivity contribution in [3.05, 3.63) is 30.7 Å². The summed E-state index contributed by atoms with van der Waals surface area (Å²) in [5, 5.41) is 4.33. The van der Waals surface area contributed by atoms with Gasteiger partial charge in [-0.15, -0.1) is 0 Å². The third-order valence-corrected chi connectivity index (χ3v) is 5.46. The molecule has 28 heavy (non-hydrogen) atoms. The summed E-state index contributed by atoms with van der Waals surface area (Å²) in [6, 6.07) is 6.28. The molecule has 1 aromatic carbocycles. The van der Waals surface area contributed by atoms with Crippen molar-refractivity contribution in [2.24, 2.45) is 5.92 Å². The van der Waals surface area contributed by atoms with Crippen LogP contribution in [0.2, 0.25) is 0 Å². The van der Waals surface area contributed by atoms with Crippen molar-refractivity contribution in [2.45, 2.75) is 52.3 Å². The van der Waals surface area contributed by atoms with Gasteiger partial charge >= 0.3 is 0 Å². The van der Waals surface area contributed by atoms with E-state index in [-0.39, 0.29) is 12.1 Å². The summed E-state index contributed by atoms with van der Waals surface area (Å²) in [5.74, 6) is 4.05. The number of benzene rings is 1. The van der Waals surface area contributed by atoms with Gasteiger partial charge < -0.3 is 14.0 Å². The summed E-state index contributed by atoms with van der Waals surface area (Å²) in [6.07, 6.45) is 6.41. The van der Waals surface area contributed by atoms with Crippen molar-refractivity contribution in [1.82, 2.24) is 24.3 Å². The molecule has 0 amide bonds. The highest BCUT2D eigenvalue weighted by Crippen LogP contribution is 2.38. The Kier molecular flexibility index (Phi) is 4.10. The summed E-state index contributed by atoms with van der Waals surface area (Å²) in [6.45, 7) is 7.66. The van der Waals surface area contributed by atoms with E-state index in [9.17, 15) is 0 Å². The smallest absolute Gasteiger partial charge is 0.178 e. The van der Waals surface area contributed by atoms with Gasteiger partial charge in [-0.25, -0.2) is 14.6 Å². The van der Waals surface area contributed by atoms with Crippen molar-refractivity contribution in [1.29, 1.82) is 0 Å². The lowest BCUT2D eigenvalue weighted by molar-refractivity contribution is 0.197. The minimum atomic E-state index is 0.225. The highest BCUT2D eigenvalue weighted by Gasteiger charge is 2.30. The summed E-state index contributed by atoms with van der Waals surface area (Å²) < 4.78 is 16.1. The highest BCUT2D eigenvalue weighted by atomic mass is 16.5. The molecule has 1 saturated carbocycles. The van der Waals surface area contributed by atoms with Crippen molar-refractivity contribution >= 4 is 0 Å². The van der Waals surface area contributed by atoms with Crippen LogP contribution in [0, 0.1) is 5.92 Å². The Labute approximate surface area is 164 Å². The summed E-state index contributed by atoms with van der Waals surface area (Å²) in [5.41, 5.74) is 1.81. The van der Waals surface area contributed by atoms with Crippen molar-refractivity contribution < 1.29 is 9.47 Å². The monoisotopic (exact) mass is 379 g/mol. The van der Waals surface area contributed by atoms with Crippen LogP contribution in [-0.2, 0) is 6.54 Å². The van der Waals surface area contributed by atoms with Gasteiger partial charge in [0.05, 0.1) is 18.2 Å². The van der Waals surface area contributed by atoms with Crippen molar-refractivity contribution in [3.63, 3.8) is 0 Å². The molecule has 3 heterocycles. The molecule has 3 aromatic rings. The Balaban J connectivity index is 1.50. The number of nitrogens with zero attached hydrogens (tertiary/aromatic N) is 5. The second-order valence-electron chi connectivity index (χ2n) is 7.93. The molecule has 1 unspecified atom stereocenters. The van der Waals surface area contributed by atoms with Gasteiger partial charge in [0.1, 0.15) is 36.0 Å². The maximum absolute atomic E-state index is 6.11. The second-order valence-corrected chi connectivity index (χ2v) is 7.93. The molecule has 1 aliphatic carbocycles. The molecule has 7 nitrogen and oxygen atoms in total. The molecule has 1 fully saturated rings. The predicted molar refractivity (Wildman–Crippen MR) is 105 cm³/mol. The Morgan fingerprint density at radius 2 is 2.04 bits per heavy atom. The van der Waals surface area contributed by atoms with Crippen LogP contribution in [0.4, 0.5) is 0 Å². The van der Waals surface area contributed by atoms with Crippen molar-refractivity contribution in [3.8, 4) is 34.4 Å². The largest absolute Gasteiger partial charge is 0.491 e. The molecule has 0 radical (unpaired) electrons. The predicted octanol–water partition coefficient (Wildman–Crippen LogP) is 3.96. The van der Waals surface area contributed by atoms with Gasteiger partial charge in [0.2, 0.25) is 0 Å². The minimum absolute atomic E-state index is 0.225. The van der Waals surface area contributed by atoms with E-state index in [0.29, 0.717) is 12.5 Å². The van der Waals surface area contributed by atoms with Crippen LogP contribution < -0.4 is 9.47 Å². The zero-order valence-corrected chi connectivity index (χ0v) is 16.5. The first-order chi connectivity index (χ1) is 13.6. The number of ether oxygens (including phenoxy) is 2. The van der Waals surface area contributed by atoms with Gasteiger partial charge in [0, 0.05) is 18.3 Å². The Bertz CT molecular complexity index is 1000. The molecule has 0 saturated heterocycles. The maximum Gasteiger partial charge on any atom is 0.178 e. The van der Waals surface area contributed by atoms with Crippen LogP contribution in [0.5, 0.6) is 11.5 Å². The quantitative estimate of drug-likeness (QED) is 0.671. The number of aromatic nitrogens is 5. The third kappa shape index (κ3) is 3.04. The Morgan fingerprint density at radius 3 is 2.82 bits per heavy atom. The Morgan fingerprint density at radius 1 is 1.18 bits per heavy atom. The van der Waals surface area contributed by atoms with Gasteiger partial charge in [-0.3, -0.25) is 0 Å². The fourth-order valence-corrected chi connectivity index (χ4v) is 3.73. The van der Waals surface area contributed by atoms with Crippen LogP contribution in [0.1, 0.15) is 39.7 Å². The van der Waals surface area contributed by atoms with E-state index in [1.165, 1.54) is 12.8 Å². The Hall–Kier alpha value is -2.83.